The highest BCUT2D eigenvalue weighted by molar-refractivity contribution is 7.93. The van der Waals surface area contributed by atoms with Crippen LogP contribution in [0.25, 0.3) is 0 Å². The van der Waals surface area contributed by atoms with E-state index in [0.717, 1.165) is 29.0 Å². The number of nitrogens with zero attached hydrogens (tertiary/aromatic N) is 1. The van der Waals surface area contributed by atoms with E-state index in [9.17, 15) is 17.6 Å². The van der Waals surface area contributed by atoms with Crippen molar-refractivity contribution in [2.75, 3.05) is 17.8 Å². The first-order valence-corrected chi connectivity index (χ1v) is 13.1. The van der Waals surface area contributed by atoms with Crippen LogP contribution in [0, 0.1) is 5.82 Å². The molecule has 0 amide bonds. The molecular weight excluding hydrogens is 528 g/mol. The first-order valence-electron chi connectivity index (χ1n) is 9.96. The molecule has 0 aliphatic rings. The number of ether oxygens (including phenoxy) is 1. The number of aromatic nitrogens is 1. The molecule has 0 radical (unpaired) electrons. The van der Waals surface area contributed by atoms with Crippen LogP contribution < -0.4 is 14.8 Å². The molecule has 0 atom stereocenters. The second-order valence-corrected chi connectivity index (χ2v) is 10.4. The van der Waals surface area contributed by atoms with Crippen LogP contribution in [0.15, 0.2) is 46.8 Å². The molecule has 0 spiro atoms. The zero-order valence-corrected chi connectivity index (χ0v) is 20.7. The van der Waals surface area contributed by atoms with E-state index in [0.29, 0.717) is 36.7 Å². The van der Waals surface area contributed by atoms with Gasteiger partial charge in [0.25, 0.3) is 10.0 Å². The molecule has 0 fully saturated rings. The van der Waals surface area contributed by atoms with Gasteiger partial charge in [0, 0.05) is 29.2 Å². The van der Waals surface area contributed by atoms with Gasteiger partial charge in [0.1, 0.15) is 22.2 Å². The molecule has 2 aromatic carbocycles. The fourth-order valence-corrected chi connectivity index (χ4v) is 5.26. The lowest BCUT2D eigenvalue weighted by Gasteiger charge is -2.14. The highest BCUT2D eigenvalue weighted by Crippen LogP contribution is 2.36. The maximum atomic E-state index is 14.8. The van der Waals surface area contributed by atoms with E-state index in [4.69, 9.17) is 33.0 Å². The van der Waals surface area contributed by atoms with Gasteiger partial charge < -0.3 is 15.2 Å². The van der Waals surface area contributed by atoms with E-state index in [-0.39, 0.29) is 22.3 Å². The minimum Gasteiger partial charge on any atom is -0.481 e. The molecule has 1 heterocycles. The predicted octanol–water partition coefficient (Wildman–Crippen LogP) is 5.18. The third kappa shape index (κ3) is 7.28. The number of nitrogens with one attached hydrogen (secondary N) is 2. The Bertz CT molecular complexity index is 1260. The van der Waals surface area contributed by atoms with Crippen LogP contribution in [0.1, 0.15) is 18.4 Å². The van der Waals surface area contributed by atoms with E-state index in [1.807, 2.05) is 0 Å². The SMILES string of the molecule is O=C(O)CCNCCCc1cc(Cl)ccc1Oc1cc(F)c(S(=O)(=O)Nc2nccs2)cc1Cl. The van der Waals surface area contributed by atoms with Crippen molar-refractivity contribution in [3.63, 3.8) is 0 Å². The summed E-state index contributed by atoms with van der Waals surface area (Å²) >= 11 is 13.4. The van der Waals surface area contributed by atoms with Gasteiger partial charge in [0.05, 0.1) is 11.4 Å². The van der Waals surface area contributed by atoms with Crippen LogP contribution in [-0.2, 0) is 21.2 Å². The number of benzene rings is 2. The Morgan fingerprint density at radius 1 is 1.18 bits per heavy atom. The summed E-state index contributed by atoms with van der Waals surface area (Å²) in [4.78, 5) is 13.7. The number of thiazole rings is 1. The van der Waals surface area contributed by atoms with Gasteiger partial charge in [-0.15, -0.1) is 11.3 Å². The molecule has 0 saturated carbocycles. The van der Waals surface area contributed by atoms with Crippen LogP contribution in [0.5, 0.6) is 11.5 Å². The standard InChI is InChI=1S/C21H20Cl2FN3O5S2/c22-14-3-4-17(13(10-14)2-1-6-25-7-5-20(28)29)32-18-12-16(24)19(11-15(18)23)34(30,31)27-21-26-8-9-33-21/h3-4,8-12,25H,1-2,5-7H2,(H,26,27)(H,28,29). The average Bonchev–Trinajstić information content (AvgIpc) is 3.26. The summed E-state index contributed by atoms with van der Waals surface area (Å²) in [5.41, 5.74) is 0.728. The second kappa shape index (κ2) is 11.8. The normalized spacial score (nSPS) is 11.4. The first-order chi connectivity index (χ1) is 16.2. The molecule has 0 bridgehead atoms. The van der Waals surface area contributed by atoms with Gasteiger partial charge in [0.15, 0.2) is 5.13 Å². The summed E-state index contributed by atoms with van der Waals surface area (Å²) in [6.07, 6.45) is 2.65. The summed E-state index contributed by atoms with van der Waals surface area (Å²) in [5, 5.41) is 13.8. The Hall–Kier alpha value is -2.44. The highest BCUT2D eigenvalue weighted by atomic mass is 35.5. The molecule has 0 aliphatic carbocycles. The fraction of sp³-hybridized carbons (Fsp3) is 0.238. The van der Waals surface area contributed by atoms with Gasteiger partial charge in [-0.1, -0.05) is 23.2 Å². The lowest BCUT2D eigenvalue weighted by molar-refractivity contribution is -0.136. The molecule has 0 saturated heterocycles. The maximum absolute atomic E-state index is 14.8. The van der Waals surface area contributed by atoms with Gasteiger partial charge in [0.2, 0.25) is 0 Å². The lowest BCUT2D eigenvalue weighted by Crippen LogP contribution is -2.19. The van der Waals surface area contributed by atoms with Gasteiger partial charge in [-0.25, -0.2) is 17.8 Å². The van der Waals surface area contributed by atoms with Crippen molar-refractivity contribution in [1.82, 2.24) is 10.3 Å². The molecular formula is C21H20Cl2FN3O5S2. The topological polar surface area (TPSA) is 118 Å². The third-order valence-electron chi connectivity index (χ3n) is 4.49. The van der Waals surface area contributed by atoms with Gasteiger partial charge in [-0.3, -0.25) is 9.52 Å². The Labute approximate surface area is 209 Å². The Morgan fingerprint density at radius 2 is 1.97 bits per heavy atom. The van der Waals surface area contributed by atoms with Crippen molar-refractivity contribution < 1.29 is 27.4 Å². The summed E-state index contributed by atoms with van der Waals surface area (Å²) in [5.74, 6) is -1.59. The van der Waals surface area contributed by atoms with Gasteiger partial charge in [-0.05, 0) is 49.2 Å². The lowest BCUT2D eigenvalue weighted by atomic mass is 10.1. The van der Waals surface area contributed by atoms with Crippen LogP contribution >= 0.6 is 34.5 Å². The van der Waals surface area contributed by atoms with Crippen molar-refractivity contribution >= 4 is 55.7 Å². The summed E-state index contributed by atoms with van der Waals surface area (Å²) in [6, 6.07) is 6.80. The smallest absolute Gasteiger partial charge is 0.304 e. The monoisotopic (exact) mass is 547 g/mol. The van der Waals surface area contributed by atoms with Crippen molar-refractivity contribution in [3.8, 4) is 11.5 Å². The van der Waals surface area contributed by atoms with Crippen LogP contribution in [0.2, 0.25) is 10.0 Å². The number of aliphatic carboxylic acids is 1. The Morgan fingerprint density at radius 3 is 2.68 bits per heavy atom. The van der Waals surface area contributed by atoms with Crippen LogP contribution in [0.3, 0.4) is 0 Å². The molecule has 13 heteroatoms. The fourth-order valence-electron chi connectivity index (χ4n) is 2.92. The first kappa shape index (κ1) is 26.2. The summed E-state index contributed by atoms with van der Waals surface area (Å²) in [7, 11) is -4.24. The molecule has 0 unspecified atom stereocenters. The molecule has 1 aromatic heterocycles. The largest absolute Gasteiger partial charge is 0.481 e. The number of hydrogen-bond donors (Lipinski definition) is 3. The number of anilines is 1. The zero-order chi connectivity index (χ0) is 24.7. The predicted molar refractivity (Wildman–Crippen MR) is 129 cm³/mol. The molecule has 182 valence electrons. The Kier molecular flexibility index (Phi) is 9.09. The van der Waals surface area contributed by atoms with Gasteiger partial charge >= 0.3 is 5.97 Å². The number of carbonyl (C=O) groups is 1. The maximum Gasteiger partial charge on any atom is 0.304 e. The minimum absolute atomic E-state index is 0.0284. The van der Waals surface area contributed by atoms with Crippen molar-refractivity contribution in [2.24, 2.45) is 0 Å². The van der Waals surface area contributed by atoms with E-state index >= 15 is 0 Å². The molecule has 3 aromatic rings. The van der Waals surface area contributed by atoms with E-state index in [1.165, 1.54) is 6.20 Å². The van der Waals surface area contributed by atoms with Gasteiger partial charge in [-0.2, -0.15) is 0 Å². The minimum atomic E-state index is -4.24. The number of hydrogen-bond acceptors (Lipinski definition) is 7. The van der Waals surface area contributed by atoms with Crippen molar-refractivity contribution in [2.45, 2.75) is 24.2 Å². The van der Waals surface area contributed by atoms with E-state index in [1.54, 1.807) is 23.6 Å². The molecule has 3 rings (SSSR count). The summed E-state index contributed by atoms with van der Waals surface area (Å²) in [6.45, 7) is 0.934. The molecule has 8 nitrogen and oxygen atoms in total. The third-order valence-corrected chi connectivity index (χ3v) is 7.19. The molecule has 0 aliphatic heterocycles. The quantitative estimate of drug-likeness (QED) is 0.267. The van der Waals surface area contributed by atoms with Crippen LogP contribution in [-0.4, -0.2) is 37.6 Å². The number of halogens is 3. The molecule has 3 N–H and O–H groups in total. The summed E-state index contributed by atoms with van der Waals surface area (Å²) < 4.78 is 47.8. The average molecular weight is 548 g/mol. The second-order valence-electron chi connectivity index (χ2n) is 7.01. The number of rotatable bonds is 12. The number of sulfonamides is 1. The Balaban J connectivity index is 1.74. The van der Waals surface area contributed by atoms with E-state index in [2.05, 4.69) is 15.0 Å². The highest BCUT2D eigenvalue weighted by Gasteiger charge is 2.23. The number of aryl methyl sites for hydroxylation is 1. The van der Waals surface area contributed by atoms with Crippen molar-refractivity contribution in [1.29, 1.82) is 0 Å². The molecule has 34 heavy (non-hydrogen) atoms. The number of carboxylic acid groups (broad SMARTS) is 1. The number of carboxylic acids is 1. The van der Waals surface area contributed by atoms with E-state index < -0.39 is 26.7 Å². The van der Waals surface area contributed by atoms with Crippen LogP contribution in [0.4, 0.5) is 9.52 Å². The van der Waals surface area contributed by atoms with Crippen molar-refractivity contribution in [3.05, 3.63) is 63.3 Å². The zero-order valence-electron chi connectivity index (χ0n) is 17.6.